The van der Waals surface area contributed by atoms with E-state index in [1.807, 2.05) is 24.1 Å². The van der Waals surface area contributed by atoms with E-state index in [9.17, 15) is 14.0 Å². The van der Waals surface area contributed by atoms with Crippen molar-refractivity contribution in [3.8, 4) is 0 Å². The second kappa shape index (κ2) is 10.4. The molecular weight excluding hydrogens is 387 g/mol. The van der Waals surface area contributed by atoms with Crippen LogP contribution in [0.3, 0.4) is 0 Å². The van der Waals surface area contributed by atoms with Gasteiger partial charge in [0.05, 0.1) is 11.3 Å². The molecule has 0 atom stereocenters. The van der Waals surface area contributed by atoms with Gasteiger partial charge in [-0.2, -0.15) is 0 Å². The van der Waals surface area contributed by atoms with Gasteiger partial charge in [-0.05, 0) is 31.0 Å². The van der Waals surface area contributed by atoms with Gasteiger partial charge in [0.25, 0.3) is 5.91 Å². The highest BCUT2D eigenvalue weighted by Crippen LogP contribution is 2.25. The number of amides is 2. The predicted octanol–water partition coefficient (Wildman–Crippen LogP) is 4.64. The third-order valence-corrected chi connectivity index (χ3v) is 6.45. The third-order valence-electron chi connectivity index (χ3n) is 5.40. The Morgan fingerprint density at radius 3 is 2.52 bits per heavy atom. The van der Waals surface area contributed by atoms with E-state index >= 15 is 0 Å². The molecule has 0 aromatic heterocycles. The lowest BCUT2D eigenvalue weighted by Gasteiger charge is -2.31. The lowest BCUT2D eigenvalue weighted by atomic mass is 9.94. The Bertz CT molecular complexity index is 852. The van der Waals surface area contributed by atoms with Crippen LogP contribution >= 0.6 is 11.8 Å². The lowest BCUT2D eigenvalue weighted by Crippen LogP contribution is -2.39. The maximum absolute atomic E-state index is 13.8. The molecule has 154 valence electrons. The quantitative estimate of drug-likeness (QED) is 0.672. The van der Waals surface area contributed by atoms with Crippen LogP contribution in [0.25, 0.3) is 0 Å². The van der Waals surface area contributed by atoms with E-state index in [4.69, 9.17) is 0 Å². The average molecular weight is 415 g/mol. The first-order valence-electron chi connectivity index (χ1n) is 10.1. The summed E-state index contributed by atoms with van der Waals surface area (Å²) < 4.78 is 13.8. The number of halogens is 1. The fourth-order valence-electron chi connectivity index (χ4n) is 3.61. The van der Waals surface area contributed by atoms with E-state index in [1.54, 1.807) is 30.3 Å². The van der Waals surface area contributed by atoms with Gasteiger partial charge in [0.2, 0.25) is 5.91 Å². The van der Waals surface area contributed by atoms with Crippen LogP contribution in [0.2, 0.25) is 0 Å². The van der Waals surface area contributed by atoms with Crippen LogP contribution in [-0.4, -0.2) is 35.6 Å². The fourth-order valence-corrected chi connectivity index (χ4v) is 4.58. The zero-order valence-corrected chi connectivity index (χ0v) is 17.5. The Morgan fingerprint density at radius 1 is 1.07 bits per heavy atom. The predicted molar refractivity (Wildman–Crippen MR) is 114 cm³/mol. The number of hydrogen-bond acceptors (Lipinski definition) is 3. The molecule has 29 heavy (non-hydrogen) atoms. The van der Waals surface area contributed by atoms with Crippen LogP contribution in [-0.2, 0) is 11.3 Å². The van der Waals surface area contributed by atoms with E-state index in [0.29, 0.717) is 22.9 Å². The van der Waals surface area contributed by atoms with Crippen molar-refractivity contribution in [1.82, 2.24) is 10.2 Å². The van der Waals surface area contributed by atoms with Gasteiger partial charge >= 0.3 is 0 Å². The third kappa shape index (κ3) is 5.82. The number of rotatable bonds is 7. The molecule has 1 N–H and O–H groups in total. The van der Waals surface area contributed by atoms with Gasteiger partial charge in [-0.15, -0.1) is 11.8 Å². The highest BCUT2D eigenvalue weighted by atomic mass is 32.2. The van der Waals surface area contributed by atoms with E-state index in [2.05, 4.69) is 5.32 Å². The molecule has 3 rings (SSSR count). The van der Waals surface area contributed by atoms with Gasteiger partial charge < -0.3 is 10.2 Å². The Labute approximate surface area is 175 Å². The maximum Gasteiger partial charge on any atom is 0.252 e. The number of nitrogens with zero attached hydrogens (tertiary/aromatic N) is 1. The summed E-state index contributed by atoms with van der Waals surface area (Å²) in [6.45, 7) is 0.119. The van der Waals surface area contributed by atoms with Crippen molar-refractivity contribution in [3.63, 3.8) is 0 Å². The number of thioether (sulfide) groups is 1. The highest BCUT2D eigenvalue weighted by molar-refractivity contribution is 8.00. The van der Waals surface area contributed by atoms with Gasteiger partial charge in [-0.1, -0.05) is 49.6 Å². The smallest absolute Gasteiger partial charge is 0.252 e. The van der Waals surface area contributed by atoms with Crippen LogP contribution in [0.4, 0.5) is 4.39 Å². The van der Waals surface area contributed by atoms with E-state index in [1.165, 1.54) is 37.1 Å². The van der Waals surface area contributed by atoms with Crippen LogP contribution in [0.5, 0.6) is 0 Å². The summed E-state index contributed by atoms with van der Waals surface area (Å²) in [5.74, 6) is -0.232. The number of carbonyl (C=O) groups excluding carboxylic acids is 2. The molecule has 4 nitrogen and oxygen atoms in total. The van der Waals surface area contributed by atoms with Gasteiger partial charge in [-0.25, -0.2) is 4.39 Å². The van der Waals surface area contributed by atoms with Crippen LogP contribution in [0.1, 0.15) is 48.0 Å². The molecule has 0 spiro atoms. The summed E-state index contributed by atoms with van der Waals surface area (Å²) >= 11 is 1.37. The number of nitrogens with one attached hydrogen (secondary N) is 1. The summed E-state index contributed by atoms with van der Waals surface area (Å²) in [6.07, 6.45) is 5.76. The molecule has 2 amide bonds. The van der Waals surface area contributed by atoms with Crippen molar-refractivity contribution in [2.75, 3.05) is 12.8 Å². The van der Waals surface area contributed by atoms with Gasteiger partial charge in [0.1, 0.15) is 5.82 Å². The monoisotopic (exact) mass is 414 g/mol. The molecule has 1 fully saturated rings. The lowest BCUT2D eigenvalue weighted by molar-refractivity contribution is -0.129. The first-order chi connectivity index (χ1) is 14.1. The van der Waals surface area contributed by atoms with Crippen molar-refractivity contribution in [3.05, 3.63) is 65.5 Å². The minimum Gasteiger partial charge on any atom is -0.348 e. The van der Waals surface area contributed by atoms with Crippen LogP contribution < -0.4 is 5.32 Å². The van der Waals surface area contributed by atoms with E-state index < -0.39 is 0 Å². The first kappa shape index (κ1) is 21.4. The largest absolute Gasteiger partial charge is 0.348 e. The fraction of sp³-hybridized carbons (Fsp3) is 0.391. The summed E-state index contributed by atoms with van der Waals surface area (Å²) in [5, 5.41) is 2.77. The molecule has 0 radical (unpaired) electrons. The van der Waals surface area contributed by atoms with Gasteiger partial charge in [0.15, 0.2) is 0 Å². The molecule has 1 saturated carbocycles. The van der Waals surface area contributed by atoms with Crippen molar-refractivity contribution >= 4 is 23.6 Å². The van der Waals surface area contributed by atoms with Crippen molar-refractivity contribution < 1.29 is 14.0 Å². The van der Waals surface area contributed by atoms with Gasteiger partial charge in [0, 0.05) is 30.1 Å². The van der Waals surface area contributed by atoms with Crippen molar-refractivity contribution in [1.29, 1.82) is 0 Å². The molecule has 0 unspecified atom stereocenters. The summed E-state index contributed by atoms with van der Waals surface area (Å²) in [4.78, 5) is 27.9. The number of carbonyl (C=O) groups is 2. The normalized spacial score (nSPS) is 14.4. The highest BCUT2D eigenvalue weighted by Gasteiger charge is 2.22. The molecule has 6 heteroatoms. The van der Waals surface area contributed by atoms with E-state index in [0.717, 1.165) is 17.7 Å². The molecule has 1 aliphatic carbocycles. The topological polar surface area (TPSA) is 49.4 Å². The molecule has 2 aromatic rings. The van der Waals surface area contributed by atoms with Crippen LogP contribution in [0, 0.1) is 5.82 Å². The Kier molecular flexibility index (Phi) is 7.69. The number of hydrogen-bond donors (Lipinski definition) is 1. The number of benzene rings is 2. The standard InChI is InChI=1S/C23H27FN2O2S/c1-26(18-10-3-2-4-11-18)22(27)16-29-21-14-8-6-12-19(21)23(28)25-15-17-9-5-7-13-20(17)24/h5-9,12-14,18H,2-4,10-11,15-16H2,1H3,(H,25,28). The zero-order chi connectivity index (χ0) is 20.6. The molecule has 0 heterocycles. The van der Waals surface area contributed by atoms with Crippen molar-refractivity contribution in [2.24, 2.45) is 0 Å². The second-order valence-electron chi connectivity index (χ2n) is 7.36. The van der Waals surface area contributed by atoms with Crippen LogP contribution in [0.15, 0.2) is 53.4 Å². The molecule has 2 aromatic carbocycles. The van der Waals surface area contributed by atoms with Gasteiger partial charge in [-0.3, -0.25) is 9.59 Å². The molecular formula is C23H27FN2O2S. The first-order valence-corrected chi connectivity index (χ1v) is 11.0. The summed E-state index contributed by atoms with van der Waals surface area (Å²) in [5.41, 5.74) is 0.942. The molecule has 1 aliphatic rings. The van der Waals surface area contributed by atoms with Crippen molar-refractivity contribution in [2.45, 2.75) is 49.6 Å². The second-order valence-corrected chi connectivity index (χ2v) is 8.37. The van der Waals surface area contributed by atoms with E-state index in [-0.39, 0.29) is 24.2 Å². The summed E-state index contributed by atoms with van der Waals surface area (Å²) in [7, 11) is 1.88. The SMILES string of the molecule is CN(C(=O)CSc1ccccc1C(=O)NCc1ccccc1F)C1CCCCC1. The molecule has 0 aliphatic heterocycles. The zero-order valence-electron chi connectivity index (χ0n) is 16.7. The molecule has 0 saturated heterocycles. The maximum atomic E-state index is 13.8. The molecule has 0 bridgehead atoms. The Balaban J connectivity index is 1.58. The average Bonchev–Trinajstić information content (AvgIpc) is 2.77. The minimum absolute atomic E-state index is 0.0865. The Morgan fingerprint density at radius 2 is 1.76 bits per heavy atom. The summed E-state index contributed by atoms with van der Waals surface area (Å²) in [6, 6.07) is 13.9. The minimum atomic E-state index is -0.341. The Hall–Kier alpha value is -2.34.